The number of thiazole rings is 1. The zero-order valence-corrected chi connectivity index (χ0v) is 14.4. The first-order chi connectivity index (χ1) is 11.2. The summed E-state index contributed by atoms with van der Waals surface area (Å²) in [5, 5.41) is 3.37. The van der Waals surface area contributed by atoms with Gasteiger partial charge in [-0.2, -0.15) is 0 Å². The molecule has 23 heavy (non-hydrogen) atoms. The molecule has 6 heteroatoms. The average Bonchev–Trinajstić information content (AvgIpc) is 3.15. The van der Waals surface area contributed by atoms with E-state index < -0.39 is 0 Å². The highest BCUT2D eigenvalue weighted by molar-refractivity contribution is 7.09. The first-order valence-electron chi connectivity index (χ1n) is 8.38. The zero-order chi connectivity index (χ0) is 15.7. The van der Waals surface area contributed by atoms with Crippen LogP contribution >= 0.6 is 11.3 Å². The lowest BCUT2D eigenvalue weighted by Gasteiger charge is -2.40. The van der Waals surface area contributed by atoms with Crippen LogP contribution < -0.4 is 4.90 Å². The lowest BCUT2D eigenvalue weighted by molar-refractivity contribution is 0.214. The molecular weight excluding hydrogens is 306 g/mol. The normalized spacial score (nSPS) is 25.3. The highest BCUT2D eigenvalue weighted by atomic mass is 32.1. The number of nitrogens with zero attached hydrogens (tertiary/aromatic N) is 5. The summed E-state index contributed by atoms with van der Waals surface area (Å²) < 4.78 is 0. The molecule has 1 spiro atoms. The molecule has 0 bridgehead atoms. The Hall–Kier alpha value is -1.53. The van der Waals surface area contributed by atoms with Gasteiger partial charge in [-0.05, 0) is 38.8 Å². The molecule has 122 valence electrons. The Kier molecular flexibility index (Phi) is 4.03. The molecule has 5 nitrogen and oxygen atoms in total. The van der Waals surface area contributed by atoms with Crippen LogP contribution in [0.2, 0.25) is 0 Å². The molecule has 2 aromatic rings. The lowest BCUT2D eigenvalue weighted by atomic mass is 9.79. The highest BCUT2D eigenvalue weighted by Gasteiger charge is 2.41. The molecule has 1 atom stereocenters. The van der Waals surface area contributed by atoms with E-state index in [1.54, 1.807) is 11.3 Å². The molecule has 2 saturated heterocycles. The Bertz CT molecular complexity index is 658. The fourth-order valence-corrected chi connectivity index (χ4v) is 4.64. The maximum Gasteiger partial charge on any atom is 0.225 e. The van der Waals surface area contributed by atoms with Gasteiger partial charge in [-0.15, -0.1) is 11.3 Å². The van der Waals surface area contributed by atoms with Gasteiger partial charge >= 0.3 is 0 Å². The molecule has 2 aliphatic rings. The summed E-state index contributed by atoms with van der Waals surface area (Å²) in [7, 11) is 0. The number of aryl methyl sites for hydroxylation is 1. The minimum atomic E-state index is 0.405. The van der Waals surface area contributed by atoms with Crippen LogP contribution in [0.3, 0.4) is 0 Å². The molecule has 2 aliphatic heterocycles. The van der Waals surface area contributed by atoms with Crippen LogP contribution in [0, 0.1) is 12.3 Å². The van der Waals surface area contributed by atoms with Crippen molar-refractivity contribution in [3.63, 3.8) is 0 Å². The molecule has 0 aromatic carbocycles. The standard InChI is InChI=1S/C17H23N5S/c1-14-20-15(11-23-14)10-21-9-5-17(12-21)4-2-8-22(13-17)16-18-6-3-7-19-16/h3,6-7,11H,2,4-5,8-10,12-13H2,1H3/t17-/m0/s1. The number of likely N-dealkylation sites (tertiary alicyclic amines) is 1. The van der Waals surface area contributed by atoms with Crippen LogP contribution in [0.15, 0.2) is 23.8 Å². The second-order valence-corrected chi connectivity index (χ2v) is 7.95. The zero-order valence-electron chi connectivity index (χ0n) is 13.6. The first-order valence-corrected chi connectivity index (χ1v) is 9.26. The lowest BCUT2D eigenvalue weighted by Crippen LogP contribution is -2.45. The third-order valence-corrected chi connectivity index (χ3v) is 5.89. The largest absolute Gasteiger partial charge is 0.340 e. The van der Waals surface area contributed by atoms with Crippen molar-refractivity contribution in [2.75, 3.05) is 31.1 Å². The molecule has 0 aliphatic carbocycles. The predicted molar refractivity (Wildman–Crippen MR) is 92.7 cm³/mol. The fourth-order valence-electron chi connectivity index (χ4n) is 4.04. The minimum Gasteiger partial charge on any atom is -0.340 e. The van der Waals surface area contributed by atoms with Crippen LogP contribution in [0.1, 0.15) is 30.0 Å². The van der Waals surface area contributed by atoms with Crippen molar-refractivity contribution in [2.24, 2.45) is 5.41 Å². The molecule has 0 unspecified atom stereocenters. The molecule has 2 aromatic heterocycles. The van der Waals surface area contributed by atoms with Gasteiger partial charge in [-0.25, -0.2) is 15.0 Å². The van der Waals surface area contributed by atoms with E-state index in [2.05, 4.69) is 37.1 Å². The summed E-state index contributed by atoms with van der Waals surface area (Å²) in [4.78, 5) is 18.4. The summed E-state index contributed by atoms with van der Waals surface area (Å²) in [6, 6.07) is 1.89. The summed E-state index contributed by atoms with van der Waals surface area (Å²) in [5.74, 6) is 0.889. The van der Waals surface area contributed by atoms with Gasteiger partial charge < -0.3 is 4.90 Å². The van der Waals surface area contributed by atoms with E-state index >= 15 is 0 Å². The van der Waals surface area contributed by atoms with Gasteiger partial charge in [0.05, 0.1) is 10.7 Å². The number of hydrogen-bond donors (Lipinski definition) is 0. The van der Waals surface area contributed by atoms with E-state index in [4.69, 9.17) is 0 Å². The van der Waals surface area contributed by atoms with Gasteiger partial charge in [0, 0.05) is 49.4 Å². The molecule has 0 amide bonds. The number of hydrogen-bond acceptors (Lipinski definition) is 6. The van der Waals surface area contributed by atoms with Crippen LogP contribution in [0.5, 0.6) is 0 Å². The Labute approximate surface area is 141 Å². The molecule has 0 saturated carbocycles. The minimum absolute atomic E-state index is 0.405. The monoisotopic (exact) mass is 329 g/mol. The fraction of sp³-hybridized carbons (Fsp3) is 0.588. The molecule has 0 radical (unpaired) electrons. The topological polar surface area (TPSA) is 45.2 Å². The third kappa shape index (κ3) is 3.23. The SMILES string of the molecule is Cc1nc(CN2CC[C@@]3(CCCN(c4ncccn4)C3)C2)cs1. The van der Waals surface area contributed by atoms with Gasteiger partial charge in [-0.1, -0.05) is 0 Å². The van der Waals surface area contributed by atoms with Crippen LogP contribution in [0.25, 0.3) is 0 Å². The van der Waals surface area contributed by atoms with Crippen molar-refractivity contribution in [2.45, 2.75) is 32.7 Å². The number of anilines is 1. The van der Waals surface area contributed by atoms with E-state index in [0.717, 1.165) is 25.6 Å². The molecular formula is C17H23N5S. The van der Waals surface area contributed by atoms with E-state index in [9.17, 15) is 0 Å². The number of aromatic nitrogens is 3. The quantitative estimate of drug-likeness (QED) is 0.866. The van der Waals surface area contributed by atoms with E-state index in [1.807, 2.05) is 18.5 Å². The van der Waals surface area contributed by atoms with Crippen molar-refractivity contribution in [3.05, 3.63) is 34.5 Å². The van der Waals surface area contributed by atoms with E-state index in [0.29, 0.717) is 5.41 Å². The summed E-state index contributed by atoms with van der Waals surface area (Å²) in [6.07, 6.45) is 7.52. The Morgan fingerprint density at radius 1 is 1.17 bits per heavy atom. The Balaban J connectivity index is 1.42. The van der Waals surface area contributed by atoms with Crippen molar-refractivity contribution in [1.82, 2.24) is 19.9 Å². The van der Waals surface area contributed by atoms with Crippen LogP contribution in [-0.2, 0) is 6.54 Å². The van der Waals surface area contributed by atoms with Crippen LogP contribution in [-0.4, -0.2) is 46.0 Å². The number of rotatable bonds is 3. The molecule has 4 heterocycles. The Morgan fingerprint density at radius 3 is 2.83 bits per heavy atom. The van der Waals surface area contributed by atoms with E-state index in [-0.39, 0.29) is 0 Å². The summed E-state index contributed by atoms with van der Waals surface area (Å²) >= 11 is 1.75. The Morgan fingerprint density at radius 2 is 2.04 bits per heavy atom. The van der Waals surface area contributed by atoms with E-state index in [1.165, 1.54) is 43.1 Å². The second kappa shape index (κ2) is 6.17. The average molecular weight is 329 g/mol. The van der Waals surface area contributed by atoms with Gasteiger partial charge in [0.25, 0.3) is 0 Å². The number of piperidine rings is 1. The predicted octanol–water partition coefficient (Wildman–Crippen LogP) is 2.73. The van der Waals surface area contributed by atoms with Crippen LogP contribution in [0.4, 0.5) is 5.95 Å². The van der Waals surface area contributed by atoms with Crippen molar-refractivity contribution in [1.29, 1.82) is 0 Å². The summed E-state index contributed by atoms with van der Waals surface area (Å²) in [6.45, 7) is 7.60. The molecule has 2 fully saturated rings. The maximum atomic E-state index is 4.62. The smallest absolute Gasteiger partial charge is 0.225 e. The van der Waals surface area contributed by atoms with Gasteiger partial charge in [-0.3, -0.25) is 4.90 Å². The van der Waals surface area contributed by atoms with Crippen molar-refractivity contribution in [3.8, 4) is 0 Å². The summed E-state index contributed by atoms with van der Waals surface area (Å²) in [5.41, 5.74) is 1.63. The van der Waals surface area contributed by atoms with Gasteiger partial charge in [0.1, 0.15) is 0 Å². The third-order valence-electron chi connectivity index (χ3n) is 5.07. The van der Waals surface area contributed by atoms with Crippen molar-refractivity contribution < 1.29 is 0 Å². The highest BCUT2D eigenvalue weighted by Crippen LogP contribution is 2.40. The maximum absolute atomic E-state index is 4.62. The second-order valence-electron chi connectivity index (χ2n) is 6.89. The first kappa shape index (κ1) is 15.0. The molecule has 0 N–H and O–H groups in total. The van der Waals surface area contributed by atoms with Gasteiger partial charge in [0.2, 0.25) is 5.95 Å². The van der Waals surface area contributed by atoms with Gasteiger partial charge in [0.15, 0.2) is 0 Å². The van der Waals surface area contributed by atoms with Crippen molar-refractivity contribution >= 4 is 17.3 Å². The molecule has 4 rings (SSSR count).